The number of hydrogen-bond donors (Lipinski definition) is 0. The van der Waals surface area contributed by atoms with Gasteiger partial charge < -0.3 is 9.32 Å². The van der Waals surface area contributed by atoms with Gasteiger partial charge in [0.05, 0.1) is 0 Å². The third-order valence-corrected chi connectivity index (χ3v) is 12.9. The first-order valence-corrected chi connectivity index (χ1v) is 17.9. The maximum atomic E-state index is 6.31. The molecule has 204 valence electrons. The summed E-state index contributed by atoms with van der Waals surface area (Å²) in [5.74, 6) is 0. The second kappa shape index (κ2) is 8.94. The Kier molecular flexibility index (Phi) is 5.09. The van der Waals surface area contributed by atoms with Crippen molar-refractivity contribution in [2.45, 2.75) is 13.1 Å². The fraction of sp³-hybridized carbons (Fsp3) is 0.0500. The third-order valence-electron chi connectivity index (χ3n) is 9.42. The molecule has 0 saturated heterocycles. The molecule has 0 unspecified atom stereocenters. The van der Waals surface area contributed by atoms with Crippen molar-refractivity contribution in [3.63, 3.8) is 0 Å². The maximum Gasteiger partial charge on any atom is 0.136 e. The van der Waals surface area contributed by atoms with Crippen LogP contribution in [0.2, 0.25) is 13.1 Å². The lowest BCUT2D eigenvalue weighted by molar-refractivity contribution is 0.669. The van der Waals surface area contributed by atoms with Crippen LogP contribution in [0.3, 0.4) is 0 Å². The molecular weight excluding hydrogens is 539 g/mol. The molecule has 0 spiro atoms. The number of furan rings is 1. The van der Waals surface area contributed by atoms with Crippen LogP contribution in [0.25, 0.3) is 54.6 Å². The van der Waals surface area contributed by atoms with Crippen LogP contribution in [-0.4, -0.2) is 8.07 Å². The van der Waals surface area contributed by atoms with Crippen LogP contribution in [0.4, 0.5) is 17.1 Å². The Labute approximate surface area is 251 Å². The molecule has 0 amide bonds. The van der Waals surface area contributed by atoms with E-state index in [1.165, 1.54) is 59.5 Å². The predicted octanol–water partition coefficient (Wildman–Crippen LogP) is 10.2. The highest BCUT2D eigenvalue weighted by molar-refractivity contribution is 7.04. The second-order valence-corrected chi connectivity index (χ2v) is 16.5. The van der Waals surface area contributed by atoms with Gasteiger partial charge in [-0.05, 0) is 91.6 Å². The molecule has 43 heavy (non-hydrogen) atoms. The molecule has 0 N–H and O–H groups in total. The fourth-order valence-corrected chi connectivity index (χ4v) is 10.4. The SMILES string of the molecule is C[Si]1(C)c2cc(N(c3ccccc3)c3ccc4c(ccc5ccccc54)c3)ccc2-c2c1ccc1oc3ccccc3c21. The summed E-state index contributed by atoms with van der Waals surface area (Å²) in [4.78, 5) is 2.41. The first-order chi connectivity index (χ1) is 21.1. The van der Waals surface area contributed by atoms with E-state index < -0.39 is 8.07 Å². The van der Waals surface area contributed by atoms with Crippen LogP contribution >= 0.6 is 0 Å². The molecule has 0 saturated carbocycles. The van der Waals surface area contributed by atoms with Gasteiger partial charge in [-0.2, -0.15) is 0 Å². The first-order valence-electron chi connectivity index (χ1n) is 14.9. The lowest BCUT2D eigenvalue weighted by atomic mass is 9.98. The molecule has 9 rings (SSSR count). The Morgan fingerprint density at radius 3 is 2.07 bits per heavy atom. The smallest absolute Gasteiger partial charge is 0.136 e. The van der Waals surface area contributed by atoms with E-state index in [1.54, 1.807) is 0 Å². The van der Waals surface area contributed by atoms with Crippen molar-refractivity contribution in [1.29, 1.82) is 0 Å². The molecule has 1 aromatic heterocycles. The Hall–Kier alpha value is -5.12. The number of hydrogen-bond acceptors (Lipinski definition) is 2. The van der Waals surface area contributed by atoms with Crippen molar-refractivity contribution in [1.82, 2.24) is 0 Å². The van der Waals surface area contributed by atoms with Crippen LogP contribution in [0.5, 0.6) is 0 Å². The van der Waals surface area contributed by atoms with Gasteiger partial charge >= 0.3 is 0 Å². The average molecular weight is 568 g/mol. The normalized spacial score (nSPS) is 13.5. The number of benzene rings is 7. The molecular formula is C40H29NOSi. The minimum Gasteiger partial charge on any atom is -0.456 e. The van der Waals surface area contributed by atoms with Gasteiger partial charge in [-0.1, -0.05) is 104 Å². The Morgan fingerprint density at radius 2 is 1.19 bits per heavy atom. The summed E-state index contributed by atoms with van der Waals surface area (Å²) < 4.78 is 6.31. The topological polar surface area (TPSA) is 16.4 Å². The zero-order valence-corrected chi connectivity index (χ0v) is 25.1. The summed E-state index contributed by atoms with van der Waals surface area (Å²) in [6.45, 7) is 4.98. The standard InChI is InChI=1S/C40H29NOSi/c1-43(2)37-23-22-36-39(33-14-8-9-15-35(33)42-36)40(37)34-21-19-30(25-38(34)43)41(28-11-4-3-5-12-28)29-18-20-32-27(24-29)17-16-26-10-6-7-13-31(26)32/h3-25H,1-2H3. The van der Waals surface area contributed by atoms with Gasteiger partial charge in [0.25, 0.3) is 0 Å². The molecule has 0 radical (unpaired) electrons. The molecule has 2 nitrogen and oxygen atoms in total. The van der Waals surface area contributed by atoms with Crippen LogP contribution in [0.1, 0.15) is 0 Å². The van der Waals surface area contributed by atoms with Crippen molar-refractivity contribution in [3.05, 3.63) is 140 Å². The predicted molar refractivity (Wildman–Crippen MR) is 186 cm³/mol. The highest BCUT2D eigenvalue weighted by atomic mass is 28.3. The van der Waals surface area contributed by atoms with Gasteiger partial charge in [0.2, 0.25) is 0 Å². The largest absolute Gasteiger partial charge is 0.456 e. The zero-order valence-electron chi connectivity index (χ0n) is 24.1. The molecule has 0 fully saturated rings. The van der Waals surface area contributed by atoms with Gasteiger partial charge in [0, 0.05) is 27.8 Å². The summed E-state index contributed by atoms with van der Waals surface area (Å²) in [6.07, 6.45) is 0. The minimum absolute atomic E-state index is 0.953. The summed E-state index contributed by atoms with van der Waals surface area (Å²) in [6, 6.07) is 50.8. The number of fused-ring (bicyclic) bond motifs is 10. The van der Waals surface area contributed by atoms with Crippen LogP contribution < -0.4 is 15.3 Å². The van der Waals surface area contributed by atoms with Crippen LogP contribution in [0.15, 0.2) is 144 Å². The number of anilines is 3. The van der Waals surface area contributed by atoms with E-state index in [2.05, 4.69) is 158 Å². The monoisotopic (exact) mass is 567 g/mol. The van der Waals surface area contributed by atoms with Gasteiger partial charge in [-0.25, -0.2) is 0 Å². The number of nitrogens with zero attached hydrogens (tertiary/aromatic N) is 1. The molecule has 0 aliphatic carbocycles. The summed E-state index contributed by atoms with van der Waals surface area (Å²) in [5.41, 5.74) is 8.14. The number of rotatable bonds is 3. The Bertz CT molecular complexity index is 2380. The minimum atomic E-state index is -1.98. The molecule has 7 aromatic carbocycles. The Morgan fingerprint density at radius 1 is 0.488 bits per heavy atom. The van der Waals surface area contributed by atoms with Gasteiger partial charge in [0.15, 0.2) is 0 Å². The zero-order chi connectivity index (χ0) is 28.7. The van der Waals surface area contributed by atoms with Gasteiger partial charge in [-0.15, -0.1) is 0 Å². The lowest BCUT2D eigenvalue weighted by Gasteiger charge is -2.28. The molecule has 2 heterocycles. The van der Waals surface area contributed by atoms with Crippen molar-refractivity contribution in [2.24, 2.45) is 0 Å². The fourth-order valence-electron chi connectivity index (χ4n) is 7.33. The van der Waals surface area contributed by atoms with Gasteiger partial charge in [-0.3, -0.25) is 0 Å². The van der Waals surface area contributed by atoms with E-state index in [1.807, 2.05) is 0 Å². The molecule has 0 atom stereocenters. The molecule has 1 aliphatic heterocycles. The lowest BCUT2D eigenvalue weighted by Crippen LogP contribution is -2.49. The van der Waals surface area contributed by atoms with E-state index in [0.29, 0.717) is 0 Å². The van der Waals surface area contributed by atoms with Crippen LogP contribution in [-0.2, 0) is 0 Å². The van der Waals surface area contributed by atoms with Crippen molar-refractivity contribution in [3.8, 4) is 11.1 Å². The van der Waals surface area contributed by atoms with Gasteiger partial charge in [0.1, 0.15) is 19.2 Å². The molecule has 1 aliphatic rings. The van der Waals surface area contributed by atoms with Crippen molar-refractivity contribution < 1.29 is 4.42 Å². The van der Waals surface area contributed by atoms with Crippen molar-refractivity contribution in [2.75, 3.05) is 4.90 Å². The molecule has 0 bridgehead atoms. The maximum absolute atomic E-state index is 6.31. The molecule has 3 heteroatoms. The highest BCUT2D eigenvalue weighted by Gasteiger charge is 2.39. The van der Waals surface area contributed by atoms with E-state index in [0.717, 1.165) is 22.5 Å². The quantitative estimate of drug-likeness (QED) is 0.156. The van der Waals surface area contributed by atoms with E-state index >= 15 is 0 Å². The van der Waals surface area contributed by atoms with Crippen LogP contribution in [0, 0.1) is 0 Å². The second-order valence-electron chi connectivity index (χ2n) is 12.2. The third kappa shape index (κ3) is 3.52. The van der Waals surface area contributed by atoms with E-state index in [9.17, 15) is 0 Å². The summed E-state index contributed by atoms with van der Waals surface area (Å²) in [7, 11) is -1.98. The Balaban J connectivity index is 1.26. The van der Waals surface area contributed by atoms with E-state index in [-0.39, 0.29) is 0 Å². The first kappa shape index (κ1) is 24.5. The summed E-state index contributed by atoms with van der Waals surface area (Å²) >= 11 is 0. The van der Waals surface area contributed by atoms with E-state index in [4.69, 9.17) is 4.42 Å². The molecule has 8 aromatic rings. The highest BCUT2D eigenvalue weighted by Crippen LogP contribution is 2.42. The van der Waals surface area contributed by atoms with Crippen molar-refractivity contribution >= 4 is 79.0 Å². The average Bonchev–Trinajstić information content (AvgIpc) is 3.53. The number of para-hydroxylation sites is 2. The summed E-state index contributed by atoms with van der Waals surface area (Å²) in [5, 5.41) is 10.5.